The first-order valence-corrected chi connectivity index (χ1v) is 4.75. The van der Waals surface area contributed by atoms with Crippen molar-refractivity contribution < 1.29 is 9.53 Å². The highest BCUT2D eigenvalue weighted by Crippen LogP contribution is 2.38. The Morgan fingerprint density at radius 2 is 2.38 bits per heavy atom. The predicted molar refractivity (Wildman–Crippen MR) is 49.3 cm³/mol. The van der Waals surface area contributed by atoms with E-state index in [1.54, 1.807) is 0 Å². The topological polar surface area (TPSA) is 29.5 Å². The van der Waals surface area contributed by atoms with Crippen molar-refractivity contribution in [2.75, 3.05) is 26.3 Å². The summed E-state index contributed by atoms with van der Waals surface area (Å²) in [6, 6.07) is 0. The van der Waals surface area contributed by atoms with Crippen molar-refractivity contribution in [3.8, 4) is 0 Å². The molecule has 72 valence electrons. The van der Waals surface area contributed by atoms with E-state index in [1.165, 1.54) is 6.08 Å². The van der Waals surface area contributed by atoms with Crippen molar-refractivity contribution in [2.24, 2.45) is 5.41 Å². The molecular formula is C10H15NO2. The molecule has 0 aromatic heterocycles. The molecule has 2 heterocycles. The van der Waals surface area contributed by atoms with Gasteiger partial charge < -0.3 is 9.64 Å². The number of likely N-dealkylation sites (tertiary alicyclic amines) is 1. The van der Waals surface area contributed by atoms with Crippen molar-refractivity contribution in [3.63, 3.8) is 0 Å². The monoisotopic (exact) mass is 181 g/mol. The molecule has 2 rings (SSSR count). The summed E-state index contributed by atoms with van der Waals surface area (Å²) in [5.74, 6) is 0.0591. The molecule has 3 nitrogen and oxygen atoms in total. The molecule has 0 aromatic rings. The van der Waals surface area contributed by atoms with Crippen LogP contribution in [0.25, 0.3) is 0 Å². The molecule has 0 unspecified atom stereocenters. The fourth-order valence-corrected chi connectivity index (χ4v) is 2.22. The molecule has 2 saturated heterocycles. The summed E-state index contributed by atoms with van der Waals surface area (Å²) in [5, 5.41) is 0. The van der Waals surface area contributed by atoms with Crippen LogP contribution in [-0.4, -0.2) is 37.1 Å². The number of carbonyl (C=O) groups excluding carboxylic acids is 1. The average molecular weight is 181 g/mol. The Morgan fingerprint density at radius 1 is 1.54 bits per heavy atom. The van der Waals surface area contributed by atoms with Gasteiger partial charge in [0.25, 0.3) is 0 Å². The van der Waals surface area contributed by atoms with Gasteiger partial charge in [-0.05, 0) is 18.9 Å². The van der Waals surface area contributed by atoms with E-state index in [4.69, 9.17) is 4.74 Å². The molecule has 0 aliphatic carbocycles. The van der Waals surface area contributed by atoms with E-state index in [0.717, 1.165) is 39.1 Å². The lowest BCUT2D eigenvalue weighted by Crippen LogP contribution is -2.31. The van der Waals surface area contributed by atoms with E-state index in [2.05, 4.69) is 6.58 Å². The summed E-state index contributed by atoms with van der Waals surface area (Å²) in [6.45, 7) is 6.91. The van der Waals surface area contributed by atoms with Gasteiger partial charge in [-0.1, -0.05) is 6.58 Å². The van der Waals surface area contributed by atoms with Crippen LogP contribution in [0.5, 0.6) is 0 Å². The van der Waals surface area contributed by atoms with Crippen LogP contribution in [0.4, 0.5) is 0 Å². The zero-order valence-corrected chi connectivity index (χ0v) is 7.79. The van der Waals surface area contributed by atoms with Crippen molar-refractivity contribution in [1.82, 2.24) is 4.90 Å². The van der Waals surface area contributed by atoms with Gasteiger partial charge in [-0.15, -0.1) is 0 Å². The maximum Gasteiger partial charge on any atom is 0.245 e. The van der Waals surface area contributed by atoms with Crippen LogP contribution < -0.4 is 0 Å². The average Bonchev–Trinajstić information content (AvgIpc) is 2.76. The predicted octanol–water partition coefficient (Wildman–Crippen LogP) is 0.811. The quantitative estimate of drug-likeness (QED) is 0.560. The van der Waals surface area contributed by atoms with Crippen LogP contribution in [0.2, 0.25) is 0 Å². The summed E-state index contributed by atoms with van der Waals surface area (Å²) >= 11 is 0. The SMILES string of the molecule is C=CC(=O)N1CC[C@@]2(CCOC2)C1. The highest BCUT2D eigenvalue weighted by molar-refractivity contribution is 5.87. The summed E-state index contributed by atoms with van der Waals surface area (Å²) < 4.78 is 5.38. The third kappa shape index (κ3) is 1.48. The van der Waals surface area contributed by atoms with Crippen LogP contribution in [0.1, 0.15) is 12.8 Å². The number of amides is 1. The molecule has 1 atom stereocenters. The highest BCUT2D eigenvalue weighted by Gasteiger charge is 2.42. The second-order valence-electron chi connectivity index (χ2n) is 4.02. The van der Waals surface area contributed by atoms with Crippen LogP contribution in [-0.2, 0) is 9.53 Å². The fourth-order valence-electron chi connectivity index (χ4n) is 2.22. The number of carbonyl (C=O) groups is 1. The largest absolute Gasteiger partial charge is 0.381 e. The normalized spacial score (nSPS) is 32.8. The summed E-state index contributed by atoms with van der Waals surface area (Å²) in [6.07, 6.45) is 3.59. The second kappa shape index (κ2) is 3.14. The van der Waals surface area contributed by atoms with Crippen LogP contribution >= 0.6 is 0 Å². The van der Waals surface area contributed by atoms with Crippen molar-refractivity contribution >= 4 is 5.91 Å². The van der Waals surface area contributed by atoms with Crippen LogP contribution in [0.3, 0.4) is 0 Å². The van der Waals surface area contributed by atoms with Crippen LogP contribution in [0.15, 0.2) is 12.7 Å². The van der Waals surface area contributed by atoms with Gasteiger partial charge in [0.05, 0.1) is 6.61 Å². The molecule has 2 aliphatic heterocycles. The fraction of sp³-hybridized carbons (Fsp3) is 0.700. The minimum atomic E-state index is 0.0591. The Hall–Kier alpha value is -0.830. The lowest BCUT2D eigenvalue weighted by atomic mass is 9.87. The van der Waals surface area contributed by atoms with Gasteiger partial charge in [0.15, 0.2) is 0 Å². The molecule has 0 aromatic carbocycles. The van der Waals surface area contributed by atoms with Gasteiger partial charge in [0.1, 0.15) is 0 Å². The highest BCUT2D eigenvalue weighted by atomic mass is 16.5. The molecule has 3 heteroatoms. The van der Waals surface area contributed by atoms with E-state index in [9.17, 15) is 4.79 Å². The van der Waals surface area contributed by atoms with Crippen molar-refractivity contribution in [2.45, 2.75) is 12.8 Å². The second-order valence-corrected chi connectivity index (χ2v) is 4.02. The minimum absolute atomic E-state index is 0.0591. The Balaban J connectivity index is 2.00. The van der Waals surface area contributed by atoms with E-state index in [-0.39, 0.29) is 11.3 Å². The zero-order valence-electron chi connectivity index (χ0n) is 7.79. The number of rotatable bonds is 1. The third-order valence-corrected chi connectivity index (χ3v) is 3.11. The van der Waals surface area contributed by atoms with Gasteiger partial charge in [0.2, 0.25) is 5.91 Å². The first-order chi connectivity index (χ1) is 6.26. The maximum absolute atomic E-state index is 11.3. The van der Waals surface area contributed by atoms with E-state index in [0.29, 0.717) is 0 Å². The van der Waals surface area contributed by atoms with E-state index < -0.39 is 0 Å². The summed E-state index contributed by atoms with van der Waals surface area (Å²) in [7, 11) is 0. The molecule has 2 fully saturated rings. The summed E-state index contributed by atoms with van der Waals surface area (Å²) in [5.41, 5.74) is 0.276. The molecule has 1 amide bonds. The van der Waals surface area contributed by atoms with E-state index in [1.807, 2.05) is 4.90 Å². The molecule has 1 spiro atoms. The number of nitrogens with zero attached hydrogens (tertiary/aromatic N) is 1. The Labute approximate surface area is 78.4 Å². The van der Waals surface area contributed by atoms with Gasteiger partial charge >= 0.3 is 0 Å². The minimum Gasteiger partial charge on any atom is -0.381 e. The van der Waals surface area contributed by atoms with Crippen molar-refractivity contribution in [3.05, 3.63) is 12.7 Å². The number of ether oxygens (including phenoxy) is 1. The number of hydrogen-bond acceptors (Lipinski definition) is 2. The molecular weight excluding hydrogens is 166 g/mol. The van der Waals surface area contributed by atoms with Gasteiger partial charge in [-0.2, -0.15) is 0 Å². The summed E-state index contributed by atoms with van der Waals surface area (Å²) in [4.78, 5) is 13.2. The van der Waals surface area contributed by atoms with Gasteiger partial charge in [0, 0.05) is 25.1 Å². The molecule has 2 aliphatic rings. The first-order valence-electron chi connectivity index (χ1n) is 4.75. The first kappa shape index (κ1) is 8.75. The standard InChI is InChI=1S/C10H15NO2/c1-2-9(12)11-5-3-10(7-11)4-6-13-8-10/h2H,1,3-8H2/t10-/m1/s1. The zero-order chi connectivity index (χ0) is 9.31. The lowest BCUT2D eigenvalue weighted by Gasteiger charge is -2.20. The maximum atomic E-state index is 11.3. The molecule has 0 saturated carbocycles. The Bertz CT molecular complexity index is 231. The molecule has 0 radical (unpaired) electrons. The molecule has 0 bridgehead atoms. The molecule has 13 heavy (non-hydrogen) atoms. The smallest absolute Gasteiger partial charge is 0.245 e. The molecule has 0 N–H and O–H groups in total. The van der Waals surface area contributed by atoms with E-state index >= 15 is 0 Å². The van der Waals surface area contributed by atoms with Crippen LogP contribution in [0, 0.1) is 5.41 Å². The Kier molecular flexibility index (Phi) is 2.12. The third-order valence-electron chi connectivity index (χ3n) is 3.11. The van der Waals surface area contributed by atoms with Gasteiger partial charge in [-0.3, -0.25) is 4.79 Å². The van der Waals surface area contributed by atoms with Crippen molar-refractivity contribution in [1.29, 1.82) is 0 Å². The number of hydrogen-bond donors (Lipinski definition) is 0. The lowest BCUT2D eigenvalue weighted by molar-refractivity contribution is -0.125. The Morgan fingerprint density at radius 3 is 3.00 bits per heavy atom. The van der Waals surface area contributed by atoms with Gasteiger partial charge in [-0.25, -0.2) is 0 Å².